The number of hydrogen-bond donors (Lipinski definition) is 1. The van der Waals surface area contributed by atoms with Crippen LogP contribution in [0.15, 0.2) is 29.6 Å². The van der Waals surface area contributed by atoms with Gasteiger partial charge in [-0.1, -0.05) is 23.4 Å². The zero-order valence-electron chi connectivity index (χ0n) is 6.34. The number of nitrogens with zero attached hydrogens (tertiary/aromatic N) is 2. The lowest BCUT2D eigenvalue weighted by Crippen LogP contribution is -2.04. The Labute approximate surface area is 75.7 Å². The highest BCUT2D eigenvalue weighted by Crippen LogP contribution is 1.95. The van der Waals surface area contributed by atoms with Crippen LogP contribution in [0.25, 0.3) is 0 Å². The quantitative estimate of drug-likeness (QED) is 0.331. The molecular weight excluding hydrogens is 172 g/mol. The van der Waals surface area contributed by atoms with Gasteiger partial charge in [0.1, 0.15) is 0 Å². The topological polar surface area (TPSA) is 45.5 Å². The zero-order chi connectivity index (χ0) is 8.81. The van der Waals surface area contributed by atoms with Gasteiger partial charge in [0.25, 0.3) is 0 Å². The maximum atomic E-state index is 8.45. The van der Waals surface area contributed by atoms with E-state index in [1.54, 1.807) is 6.20 Å². The van der Waals surface area contributed by atoms with Gasteiger partial charge in [-0.2, -0.15) is 0 Å². The van der Waals surface area contributed by atoms with Crippen LogP contribution in [-0.4, -0.2) is 21.3 Å². The average molecular weight is 180 g/mol. The SMILES string of the molecule is O/N=C(\C=S)Cc1ccccn1. The molecule has 1 heterocycles. The molecule has 0 unspecified atom stereocenters. The second-order valence-corrected chi connectivity index (χ2v) is 2.44. The van der Waals surface area contributed by atoms with Gasteiger partial charge >= 0.3 is 0 Å². The minimum Gasteiger partial charge on any atom is -0.411 e. The van der Waals surface area contributed by atoms with E-state index in [9.17, 15) is 0 Å². The summed E-state index contributed by atoms with van der Waals surface area (Å²) in [4.78, 5) is 4.06. The molecule has 1 aromatic rings. The van der Waals surface area contributed by atoms with Gasteiger partial charge in [0, 0.05) is 23.7 Å². The Morgan fingerprint density at radius 2 is 2.50 bits per heavy atom. The Hall–Kier alpha value is -1.29. The van der Waals surface area contributed by atoms with Crippen LogP contribution in [0.5, 0.6) is 0 Å². The molecule has 62 valence electrons. The summed E-state index contributed by atoms with van der Waals surface area (Å²) in [5, 5.41) is 12.8. The molecule has 0 fully saturated rings. The van der Waals surface area contributed by atoms with Crippen molar-refractivity contribution in [1.82, 2.24) is 4.98 Å². The summed E-state index contributed by atoms with van der Waals surface area (Å²) < 4.78 is 0. The highest BCUT2D eigenvalue weighted by Gasteiger charge is 1.98. The summed E-state index contributed by atoms with van der Waals surface area (Å²) >= 11 is 4.63. The lowest BCUT2D eigenvalue weighted by Gasteiger charge is -1.96. The molecule has 0 aliphatic carbocycles. The highest BCUT2D eigenvalue weighted by atomic mass is 32.1. The molecule has 0 bridgehead atoms. The van der Waals surface area contributed by atoms with E-state index in [2.05, 4.69) is 22.4 Å². The molecule has 3 nitrogen and oxygen atoms in total. The van der Waals surface area contributed by atoms with Gasteiger partial charge in [-0.15, -0.1) is 0 Å². The highest BCUT2D eigenvalue weighted by molar-refractivity contribution is 7.80. The van der Waals surface area contributed by atoms with Crippen LogP contribution in [0, 0.1) is 0 Å². The maximum absolute atomic E-state index is 8.45. The van der Waals surface area contributed by atoms with Crippen molar-refractivity contribution in [2.75, 3.05) is 0 Å². The zero-order valence-corrected chi connectivity index (χ0v) is 7.16. The van der Waals surface area contributed by atoms with Crippen molar-refractivity contribution >= 4 is 23.3 Å². The van der Waals surface area contributed by atoms with Crippen molar-refractivity contribution in [1.29, 1.82) is 0 Å². The second kappa shape index (κ2) is 4.56. The molecule has 4 heteroatoms. The smallest absolute Gasteiger partial charge is 0.0962 e. The van der Waals surface area contributed by atoms with Crippen LogP contribution in [0.4, 0.5) is 0 Å². The van der Waals surface area contributed by atoms with Crippen LogP contribution in [0.2, 0.25) is 0 Å². The maximum Gasteiger partial charge on any atom is 0.0962 e. The molecule has 0 aromatic carbocycles. The van der Waals surface area contributed by atoms with Gasteiger partial charge in [0.05, 0.1) is 5.71 Å². The summed E-state index contributed by atoms with van der Waals surface area (Å²) in [5.41, 5.74) is 1.29. The Morgan fingerprint density at radius 1 is 1.67 bits per heavy atom. The average Bonchev–Trinajstić information content (AvgIpc) is 2.16. The van der Waals surface area contributed by atoms with Crippen LogP contribution in [-0.2, 0) is 6.42 Å². The van der Waals surface area contributed by atoms with E-state index < -0.39 is 0 Å². The summed E-state index contributed by atoms with van der Waals surface area (Å²) in [6, 6.07) is 5.56. The molecule has 0 radical (unpaired) electrons. The fourth-order valence-corrected chi connectivity index (χ4v) is 0.919. The molecule has 0 amide bonds. The van der Waals surface area contributed by atoms with E-state index in [4.69, 9.17) is 5.21 Å². The van der Waals surface area contributed by atoms with Crippen LogP contribution in [0.1, 0.15) is 5.69 Å². The van der Waals surface area contributed by atoms with E-state index in [1.807, 2.05) is 18.2 Å². The van der Waals surface area contributed by atoms with E-state index >= 15 is 0 Å². The monoisotopic (exact) mass is 180 g/mol. The Bertz CT molecular complexity index is 284. The number of aromatic nitrogens is 1. The fraction of sp³-hybridized carbons (Fsp3) is 0.125. The van der Waals surface area contributed by atoms with Crippen molar-refractivity contribution in [2.45, 2.75) is 6.42 Å². The van der Waals surface area contributed by atoms with Crippen molar-refractivity contribution < 1.29 is 5.21 Å². The number of pyridine rings is 1. The molecule has 0 saturated carbocycles. The Kier molecular flexibility index (Phi) is 3.35. The fourth-order valence-electron chi connectivity index (χ4n) is 0.789. The molecular formula is C8H8N2OS. The third kappa shape index (κ3) is 2.39. The molecule has 0 aliphatic heterocycles. The van der Waals surface area contributed by atoms with Gasteiger partial charge in [0.15, 0.2) is 0 Å². The first kappa shape index (κ1) is 8.80. The van der Waals surface area contributed by atoms with E-state index in [-0.39, 0.29) is 0 Å². The van der Waals surface area contributed by atoms with Crippen molar-refractivity contribution in [3.8, 4) is 0 Å². The molecule has 12 heavy (non-hydrogen) atoms. The standard InChI is InChI=1S/C8H8N2OS/c11-10-8(6-12)5-7-3-1-2-4-9-7/h1-4,6,11H,5H2/b10-8-. The predicted molar refractivity (Wildman–Crippen MR) is 50.8 cm³/mol. The number of thiocarbonyl (C=S) groups is 1. The normalized spacial score (nSPS) is 11.2. The van der Waals surface area contributed by atoms with Gasteiger partial charge in [0.2, 0.25) is 0 Å². The number of oxime groups is 1. The molecule has 0 atom stereocenters. The van der Waals surface area contributed by atoms with Crippen LogP contribution < -0.4 is 0 Å². The molecule has 1 aromatic heterocycles. The number of hydrogen-bond acceptors (Lipinski definition) is 4. The van der Waals surface area contributed by atoms with Gasteiger partial charge in [-0.25, -0.2) is 0 Å². The van der Waals surface area contributed by atoms with E-state index in [0.717, 1.165) is 5.69 Å². The summed E-state index contributed by atoms with van der Waals surface area (Å²) in [5.74, 6) is 0. The van der Waals surface area contributed by atoms with Gasteiger partial charge in [-0.3, -0.25) is 4.98 Å². The molecule has 1 N–H and O–H groups in total. The van der Waals surface area contributed by atoms with Crippen LogP contribution >= 0.6 is 12.2 Å². The molecule has 0 saturated heterocycles. The molecule has 0 spiro atoms. The lowest BCUT2D eigenvalue weighted by atomic mass is 10.2. The van der Waals surface area contributed by atoms with E-state index in [1.165, 1.54) is 5.37 Å². The third-order valence-electron chi connectivity index (χ3n) is 1.35. The van der Waals surface area contributed by atoms with Gasteiger partial charge < -0.3 is 5.21 Å². The van der Waals surface area contributed by atoms with Crippen LogP contribution in [0.3, 0.4) is 0 Å². The van der Waals surface area contributed by atoms with E-state index in [0.29, 0.717) is 12.1 Å². The Balaban J connectivity index is 2.70. The molecule has 0 aliphatic rings. The largest absolute Gasteiger partial charge is 0.411 e. The molecule has 1 rings (SSSR count). The van der Waals surface area contributed by atoms with Crippen molar-refractivity contribution in [2.24, 2.45) is 5.16 Å². The van der Waals surface area contributed by atoms with Crippen molar-refractivity contribution in [3.63, 3.8) is 0 Å². The minimum absolute atomic E-state index is 0.448. The van der Waals surface area contributed by atoms with Gasteiger partial charge in [-0.05, 0) is 12.1 Å². The predicted octanol–water partition coefficient (Wildman–Crippen LogP) is 1.45. The minimum atomic E-state index is 0.448. The summed E-state index contributed by atoms with van der Waals surface area (Å²) in [6.45, 7) is 0. The summed E-state index contributed by atoms with van der Waals surface area (Å²) in [6.07, 6.45) is 2.16. The third-order valence-corrected chi connectivity index (χ3v) is 1.62. The lowest BCUT2D eigenvalue weighted by molar-refractivity contribution is 0.319. The second-order valence-electron chi connectivity index (χ2n) is 2.21. The first-order valence-corrected chi connectivity index (χ1v) is 3.90. The van der Waals surface area contributed by atoms with Crippen molar-refractivity contribution in [3.05, 3.63) is 30.1 Å². The Morgan fingerprint density at radius 3 is 3.00 bits per heavy atom. The number of rotatable bonds is 3. The summed E-state index contributed by atoms with van der Waals surface area (Å²) in [7, 11) is 0. The first-order valence-electron chi connectivity index (χ1n) is 3.43. The first-order chi connectivity index (χ1) is 5.86.